The second-order valence-electron chi connectivity index (χ2n) is 7.84. The highest BCUT2D eigenvalue weighted by Gasteiger charge is 2.31. The molecule has 0 fully saturated rings. The highest BCUT2D eigenvalue weighted by molar-refractivity contribution is 5.98. The number of nitrogens with zero attached hydrogens (tertiary/aromatic N) is 6. The second kappa shape index (κ2) is 10.1. The van der Waals surface area contributed by atoms with Crippen LogP contribution in [-0.2, 0) is 24.1 Å². The molecule has 0 unspecified atom stereocenters. The molecule has 0 saturated carbocycles. The van der Waals surface area contributed by atoms with E-state index >= 15 is 0 Å². The summed E-state index contributed by atoms with van der Waals surface area (Å²) in [4.78, 5) is 30.3. The molecule has 1 aromatic carbocycles. The summed E-state index contributed by atoms with van der Waals surface area (Å²) in [6.07, 6.45) is -0.747. The maximum atomic E-state index is 13.7. The number of hydrogen-bond donors (Lipinski definition) is 1. The maximum absolute atomic E-state index is 13.7. The quantitative estimate of drug-likeness (QED) is 0.383. The van der Waals surface area contributed by atoms with Crippen molar-refractivity contribution in [2.45, 2.75) is 19.3 Å². The van der Waals surface area contributed by atoms with Crippen LogP contribution in [0.15, 0.2) is 61.1 Å². The maximum Gasteiger partial charge on any atom is 0.417 e. The number of nitrogens with two attached hydrogens (primary N) is 1. The van der Waals surface area contributed by atoms with Gasteiger partial charge in [0.25, 0.3) is 5.91 Å². The molecule has 0 atom stereocenters. The van der Waals surface area contributed by atoms with E-state index in [9.17, 15) is 18.0 Å². The molecule has 0 saturated heterocycles. The van der Waals surface area contributed by atoms with Crippen LogP contribution >= 0.6 is 0 Å². The normalized spacial score (nSPS) is 11.5. The highest BCUT2D eigenvalue weighted by atomic mass is 19.4. The first kappa shape index (κ1) is 24.8. The number of nitrogen functional groups attached to an aromatic ring is 1. The fourth-order valence-corrected chi connectivity index (χ4v) is 3.51. The lowest BCUT2D eigenvalue weighted by atomic mass is 10.1. The topological polar surface area (TPSA) is 110 Å². The van der Waals surface area contributed by atoms with Crippen molar-refractivity contribution in [1.29, 1.82) is 0 Å². The van der Waals surface area contributed by atoms with E-state index < -0.39 is 17.6 Å². The predicted octanol–water partition coefficient (Wildman–Crippen LogP) is 3.86. The third kappa shape index (κ3) is 5.33. The number of ether oxygens (including phenoxy) is 1. The van der Waals surface area contributed by atoms with Crippen molar-refractivity contribution < 1.29 is 22.7 Å². The molecule has 36 heavy (non-hydrogen) atoms. The minimum Gasteiger partial charge on any atom is -0.383 e. The highest BCUT2D eigenvalue weighted by Crippen LogP contribution is 2.29. The summed E-state index contributed by atoms with van der Waals surface area (Å²) in [5.41, 5.74) is 6.94. The lowest BCUT2D eigenvalue weighted by Crippen LogP contribution is -2.45. The van der Waals surface area contributed by atoms with Crippen molar-refractivity contribution >= 4 is 28.6 Å². The molecule has 3 aromatic heterocycles. The fraction of sp³-hybridized carbons (Fsp3) is 0.208. The van der Waals surface area contributed by atoms with Gasteiger partial charge >= 0.3 is 6.18 Å². The zero-order valence-electron chi connectivity index (χ0n) is 19.4. The van der Waals surface area contributed by atoms with E-state index in [4.69, 9.17) is 10.5 Å². The average molecular weight is 497 g/mol. The summed E-state index contributed by atoms with van der Waals surface area (Å²) < 4.78 is 44.0. The van der Waals surface area contributed by atoms with Crippen molar-refractivity contribution in [3.63, 3.8) is 0 Å². The smallest absolute Gasteiger partial charge is 0.383 e. The number of fused-ring (bicyclic) bond motifs is 1. The first-order valence-electron chi connectivity index (χ1n) is 10.7. The number of carbonyl (C=O) groups excluding carboxylic acids is 1. The van der Waals surface area contributed by atoms with Gasteiger partial charge in [-0.3, -0.25) is 14.8 Å². The first-order valence-corrected chi connectivity index (χ1v) is 10.7. The molecule has 0 bridgehead atoms. The number of anilines is 2. The van der Waals surface area contributed by atoms with Crippen LogP contribution in [0.5, 0.6) is 0 Å². The molecule has 4 rings (SSSR count). The van der Waals surface area contributed by atoms with Crippen LogP contribution in [-0.4, -0.2) is 45.0 Å². The molecule has 2 N–H and O–H groups in total. The van der Waals surface area contributed by atoms with Gasteiger partial charge in [-0.1, -0.05) is 0 Å². The predicted molar refractivity (Wildman–Crippen MR) is 126 cm³/mol. The fourth-order valence-electron chi connectivity index (χ4n) is 3.51. The van der Waals surface area contributed by atoms with E-state index in [0.717, 1.165) is 12.3 Å². The lowest BCUT2D eigenvalue weighted by molar-refractivity contribution is -0.137. The summed E-state index contributed by atoms with van der Waals surface area (Å²) in [5.74, 6) is 0.105. The number of benzene rings is 1. The first-order chi connectivity index (χ1) is 17.2. The number of rotatable bonds is 7. The van der Waals surface area contributed by atoms with Gasteiger partial charge in [0.15, 0.2) is 0 Å². The monoisotopic (exact) mass is 497 g/mol. The Labute approximate surface area is 204 Å². The number of hydrazine groups is 1. The van der Waals surface area contributed by atoms with E-state index in [-0.39, 0.29) is 24.8 Å². The molecular formula is C24H22F3N7O2. The summed E-state index contributed by atoms with van der Waals surface area (Å²) in [5, 5.41) is 3.39. The number of hydrogen-bond acceptors (Lipinski definition) is 8. The number of methoxy groups -OCH3 is 1. The molecule has 4 aromatic rings. The molecule has 9 nitrogen and oxygen atoms in total. The van der Waals surface area contributed by atoms with Crippen molar-refractivity contribution in [3.8, 4) is 0 Å². The van der Waals surface area contributed by atoms with E-state index in [1.807, 2.05) is 0 Å². The minimum absolute atomic E-state index is 0.126. The summed E-state index contributed by atoms with van der Waals surface area (Å²) in [6.45, 7) is 0.130. The Hall–Kier alpha value is -4.32. The third-order valence-electron chi connectivity index (χ3n) is 5.38. The average Bonchev–Trinajstić information content (AvgIpc) is 2.87. The number of pyridine rings is 2. The van der Waals surface area contributed by atoms with Crippen LogP contribution < -0.4 is 10.7 Å². The van der Waals surface area contributed by atoms with Gasteiger partial charge in [-0.25, -0.2) is 20.0 Å². The molecule has 0 aliphatic rings. The van der Waals surface area contributed by atoms with Gasteiger partial charge in [-0.2, -0.15) is 13.2 Å². The SMILES string of the molecule is COCc1cc2cc(C(=O)N(Cc3ccc(C(F)(F)F)cn3)N(C)c3ncccn3)ccc2nc1N. The van der Waals surface area contributed by atoms with Crippen molar-refractivity contribution in [3.05, 3.63) is 83.4 Å². The Bertz CT molecular complexity index is 1370. The summed E-state index contributed by atoms with van der Waals surface area (Å²) in [7, 11) is 3.12. The van der Waals surface area contributed by atoms with Crippen LogP contribution in [0, 0.1) is 0 Å². The molecule has 1 amide bonds. The van der Waals surface area contributed by atoms with Gasteiger partial charge in [0.2, 0.25) is 5.95 Å². The van der Waals surface area contributed by atoms with Gasteiger partial charge in [0, 0.05) is 49.3 Å². The lowest BCUT2D eigenvalue weighted by Gasteiger charge is -2.31. The number of carbonyl (C=O) groups is 1. The standard InChI is InChI=1S/C24H22F3N7O2/c1-33(23-29-8-3-9-30-23)34(13-19-6-5-18(12-31-19)24(25,26)27)22(35)15-4-7-20-16(10-15)11-17(14-36-2)21(28)32-20/h3-12H,13-14H2,1-2H3,(H2,28,32). The molecule has 12 heteroatoms. The Morgan fingerprint density at radius 2 is 1.83 bits per heavy atom. The van der Waals surface area contributed by atoms with Crippen molar-refractivity contribution in [2.24, 2.45) is 0 Å². The van der Waals surface area contributed by atoms with Gasteiger partial charge in [-0.05, 0) is 42.5 Å². The van der Waals surface area contributed by atoms with Gasteiger partial charge in [0.1, 0.15) is 5.82 Å². The molecule has 0 aliphatic carbocycles. The third-order valence-corrected chi connectivity index (χ3v) is 5.38. The number of alkyl halides is 3. The summed E-state index contributed by atoms with van der Waals surface area (Å²) >= 11 is 0. The van der Waals surface area contributed by atoms with E-state index in [1.165, 1.54) is 35.6 Å². The van der Waals surface area contributed by atoms with Gasteiger partial charge < -0.3 is 10.5 Å². The molecule has 0 spiro atoms. The van der Waals surface area contributed by atoms with Crippen molar-refractivity contribution in [1.82, 2.24) is 24.9 Å². The van der Waals surface area contributed by atoms with Crippen LogP contribution in [0.1, 0.15) is 27.2 Å². The zero-order chi connectivity index (χ0) is 25.9. The van der Waals surface area contributed by atoms with Crippen molar-refractivity contribution in [2.75, 3.05) is 24.9 Å². The van der Waals surface area contributed by atoms with Crippen LogP contribution in [0.25, 0.3) is 10.9 Å². The van der Waals surface area contributed by atoms with Crippen LogP contribution in [0.2, 0.25) is 0 Å². The molecule has 186 valence electrons. The summed E-state index contributed by atoms with van der Waals surface area (Å²) in [6, 6.07) is 10.5. The molecular weight excluding hydrogens is 475 g/mol. The van der Waals surface area contributed by atoms with Crippen LogP contribution in [0.4, 0.5) is 24.9 Å². The Morgan fingerprint density at radius 3 is 2.47 bits per heavy atom. The Kier molecular flexibility index (Phi) is 6.97. The minimum atomic E-state index is -4.51. The Balaban J connectivity index is 1.71. The molecule has 3 heterocycles. The molecule has 0 radical (unpaired) electrons. The number of aromatic nitrogens is 4. The van der Waals surface area contributed by atoms with E-state index in [2.05, 4.69) is 19.9 Å². The van der Waals surface area contributed by atoms with Crippen LogP contribution in [0.3, 0.4) is 0 Å². The van der Waals surface area contributed by atoms with Gasteiger partial charge in [0.05, 0.1) is 29.9 Å². The zero-order valence-corrected chi connectivity index (χ0v) is 19.4. The Morgan fingerprint density at radius 1 is 1.08 bits per heavy atom. The van der Waals surface area contributed by atoms with E-state index in [0.29, 0.717) is 27.8 Å². The van der Waals surface area contributed by atoms with Gasteiger partial charge in [-0.15, -0.1) is 0 Å². The van der Waals surface area contributed by atoms with E-state index in [1.54, 1.807) is 37.4 Å². The largest absolute Gasteiger partial charge is 0.417 e. The molecule has 0 aliphatic heterocycles. The second-order valence-corrected chi connectivity index (χ2v) is 7.84. The number of amides is 1. The number of halogens is 3.